The van der Waals surface area contributed by atoms with Crippen molar-refractivity contribution in [1.82, 2.24) is 9.97 Å². The highest BCUT2D eigenvalue weighted by Gasteiger charge is 2.25. The largest absolute Gasteiger partial charge is 0.377 e. The number of anilines is 2. The van der Waals surface area contributed by atoms with E-state index in [4.69, 9.17) is 4.74 Å². The Hall–Kier alpha value is -1.36. The van der Waals surface area contributed by atoms with Gasteiger partial charge >= 0.3 is 0 Å². The van der Waals surface area contributed by atoms with Gasteiger partial charge in [-0.2, -0.15) is 0 Å². The molecule has 0 bridgehead atoms. The van der Waals surface area contributed by atoms with Crippen LogP contribution in [0.25, 0.3) is 0 Å². The van der Waals surface area contributed by atoms with Crippen LogP contribution in [-0.2, 0) is 4.74 Å². The summed E-state index contributed by atoms with van der Waals surface area (Å²) in [4.78, 5) is 11.6. The number of nitrogens with one attached hydrogen (secondary N) is 1. The summed E-state index contributed by atoms with van der Waals surface area (Å²) < 4.78 is 5.59. The smallest absolute Gasteiger partial charge is 0.137 e. The monoisotopic (exact) mass is 278 g/mol. The van der Waals surface area contributed by atoms with Crippen molar-refractivity contribution in [3.63, 3.8) is 0 Å². The molecule has 1 atom stereocenters. The van der Waals surface area contributed by atoms with E-state index < -0.39 is 0 Å². The number of rotatable bonds is 5. The number of aryl methyl sites for hydroxylation is 1. The van der Waals surface area contributed by atoms with Crippen LogP contribution in [0.2, 0.25) is 0 Å². The summed E-state index contributed by atoms with van der Waals surface area (Å²) in [6.45, 7) is 11.8. The highest BCUT2D eigenvalue weighted by Crippen LogP contribution is 2.27. The number of aromatic nitrogens is 2. The van der Waals surface area contributed by atoms with Gasteiger partial charge in [-0.1, -0.05) is 13.8 Å². The molecular formula is C15H26N4O. The SMILES string of the molecule is CCCNc1nc(C)nc(N2CCOCC2CC)c1C. The maximum Gasteiger partial charge on any atom is 0.137 e. The Morgan fingerprint density at radius 1 is 1.30 bits per heavy atom. The Labute approximate surface area is 121 Å². The molecule has 0 spiro atoms. The molecule has 5 heteroatoms. The number of hydrogen-bond acceptors (Lipinski definition) is 5. The zero-order valence-electron chi connectivity index (χ0n) is 13.1. The maximum absolute atomic E-state index is 5.59. The molecule has 1 aromatic rings. The molecule has 1 N–H and O–H groups in total. The first-order chi connectivity index (χ1) is 9.67. The highest BCUT2D eigenvalue weighted by molar-refractivity contribution is 5.59. The van der Waals surface area contributed by atoms with Crippen molar-refractivity contribution >= 4 is 11.6 Å². The average Bonchev–Trinajstić information content (AvgIpc) is 2.47. The second-order valence-corrected chi connectivity index (χ2v) is 5.33. The average molecular weight is 278 g/mol. The van der Waals surface area contributed by atoms with E-state index in [1.165, 1.54) is 0 Å². The quantitative estimate of drug-likeness (QED) is 0.897. The minimum absolute atomic E-state index is 0.413. The molecule has 0 radical (unpaired) electrons. The molecule has 1 aliphatic heterocycles. The zero-order chi connectivity index (χ0) is 14.5. The maximum atomic E-state index is 5.59. The molecule has 0 saturated carbocycles. The molecule has 1 aromatic heterocycles. The Morgan fingerprint density at radius 2 is 2.10 bits per heavy atom. The van der Waals surface area contributed by atoms with Crippen molar-refractivity contribution in [2.75, 3.05) is 36.5 Å². The molecule has 0 aliphatic carbocycles. The summed E-state index contributed by atoms with van der Waals surface area (Å²) in [6, 6.07) is 0.413. The number of ether oxygens (including phenoxy) is 1. The van der Waals surface area contributed by atoms with Gasteiger partial charge in [0.1, 0.15) is 17.5 Å². The second kappa shape index (κ2) is 6.88. The van der Waals surface area contributed by atoms with Crippen LogP contribution in [0.15, 0.2) is 0 Å². The van der Waals surface area contributed by atoms with E-state index >= 15 is 0 Å². The Balaban J connectivity index is 2.31. The van der Waals surface area contributed by atoms with E-state index in [-0.39, 0.29) is 0 Å². The van der Waals surface area contributed by atoms with Crippen LogP contribution < -0.4 is 10.2 Å². The fraction of sp³-hybridized carbons (Fsp3) is 0.733. The fourth-order valence-electron chi connectivity index (χ4n) is 2.58. The topological polar surface area (TPSA) is 50.3 Å². The lowest BCUT2D eigenvalue weighted by molar-refractivity contribution is 0.0925. The van der Waals surface area contributed by atoms with Crippen LogP contribution >= 0.6 is 0 Å². The van der Waals surface area contributed by atoms with Crippen molar-refractivity contribution in [2.45, 2.75) is 46.6 Å². The summed E-state index contributed by atoms with van der Waals surface area (Å²) in [5.74, 6) is 2.85. The molecule has 2 heterocycles. The molecule has 0 amide bonds. The van der Waals surface area contributed by atoms with Crippen molar-refractivity contribution in [2.24, 2.45) is 0 Å². The van der Waals surface area contributed by atoms with Crippen molar-refractivity contribution in [1.29, 1.82) is 0 Å². The predicted octanol–water partition coefficient (Wildman–Crippen LogP) is 2.53. The number of morpholine rings is 1. The minimum Gasteiger partial charge on any atom is -0.377 e. The van der Waals surface area contributed by atoms with Gasteiger partial charge < -0.3 is 15.0 Å². The first kappa shape index (κ1) is 15.0. The predicted molar refractivity (Wildman–Crippen MR) is 82.5 cm³/mol. The molecule has 5 nitrogen and oxygen atoms in total. The fourth-order valence-corrected chi connectivity index (χ4v) is 2.58. The second-order valence-electron chi connectivity index (χ2n) is 5.33. The van der Waals surface area contributed by atoms with Gasteiger partial charge in [0.25, 0.3) is 0 Å². The van der Waals surface area contributed by atoms with Gasteiger partial charge in [0.15, 0.2) is 0 Å². The molecule has 1 saturated heterocycles. The molecule has 1 aliphatic rings. The Kier molecular flexibility index (Phi) is 5.17. The normalized spacial score (nSPS) is 19.2. The van der Waals surface area contributed by atoms with E-state index in [2.05, 4.69) is 41.0 Å². The van der Waals surface area contributed by atoms with Crippen LogP contribution in [0.5, 0.6) is 0 Å². The van der Waals surface area contributed by atoms with E-state index in [1.807, 2.05) is 6.92 Å². The number of hydrogen-bond donors (Lipinski definition) is 1. The van der Waals surface area contributed by atoms with Crippen molar-refractivity contribution in [3.05, 3.63) is 11.4 Å². The first-order valence-corrected chi connectivity index (χ1v) is 7.60. The molecule has 2 rings (SSSR count). The van der Waals surface area contributed by atoms with E-state index in [0.29, 0.717) is 6.04 Å². The molecule has 20 heavy (non-hydrogen) atoms. The zero-order valence-corrected chi connectivity index (χ0v) is 13.1. The summed E-state index contributed by atoms with van der Waals surface area (Å²) in [5.41, 5.74) is 1.14. The van der Waals surface area contributed by atoms with Gasteiger partial charge in [-0.05, 0) is 26.7 Å². The molecule has 112 valence electrons. The van der Waals surface area contributed by atoms with Gasteiger partial charge in [0.2, 0.25) is 0 Å². The van der Waals surface area contributed by atoms with Crippen LogP contribution in [0.4, 0.5) is 11.6 Å². The highest BCUT2D eigenvalue weighted by atomic mass is 16.5. The summed E-state index contributed by atoms with van der Waals surface area (Å²) in [7, 11) is 0. The lowest BCUT2D eigenvalue weighted by Gasteiger charge is -2.37. The van der Waals surface area contributed by atoms with E-state index in [0.717, 1.165) is 62.2 Å². The van der Waals surface area contributed by atoms with Crippen LogP contribution in [0.3, 0.4) is 0 Å². The molecule has 1 unspecified atom stereocenters. The van der Waals surface area contributed by atoms with Crippen molar-refractivity contribution < 1.29 is 4.74 Å². The third-order valence-corrected chi connectivity index (χ3v) is 3.75. The van der Waals surface area contributed by atoms with Gasteiger partial charge in [0.05, 0.1) is 19.3 Å². The first-order valence-electron chi connectivity index (χ1n) is 7.60. The summed E-state index contributed by atoms with van der Waals surface area (Å²) in [5, 5.41) is 3.41. The van der Waals surface area contributed by atoms with Gasteiger partial charge in [-0.15, -0.1) is 0 Å². The third kappa shape index (κ3) is 3.20. The standard InChI is InChI=1S/C15H26N4O/c1-5-7-16-14-11(3)15(18-12(4)17-14)19-8-9-20-10-13(19)6-2/h13H,5-10H2,1-4H3,(H,16,17,18). The summed E-state index contributed by atoms with van der Waals surface area (Å²) in [6.07, 6.45) is 2.16. The van der Waals surface area contributed by atoms with Gasteiger partial charge in [0, 0.05) is 18.7 Å². The minimum atomic E-state index is 0.413. The van der Waals surface area contributed by atoms with Crippen LogP contribution in [0, 0.1) is 13.8 Å². The summed E-state index contributed by atoms with van der Waals surface area (Å²) >= 11 is 0. The molecule has 1 fully saturated rings. The van der Waals surface area contributed by atoms with Gasteiger partial charge in [-0.3, -0.25) is 0 Å². The third-order valence-electron chi connectivity index (χ3n) is 3.75. The number of nitrogens with zero attached hydrogens (tertiary/aromatic N) is 3. The van der Waals surface area contributed by atoms with E-state index in [9.17, 15) is 0 Å². The Bertz CT molecular complexity index is 450. The Morgan fingerprint density at radius 3 is 2.80 bits per heavy atom. The van der Waals surface area contributed by atoms with Crippen molar-refractivity contribution in [3.8, 4) is 0 Å². The lowest BCUT2D eigenvalue weighted by Crippen LogP contribution is -2.46. The van der Waals surface area contributed by atoms with Crippen LogP contribution in [-0.4, -0.2) is 42.3 Å². The lowest BCUT2D eigenvalue weighted by atomic mass is 10.1. The molecular weight excluding hydrogens is 252 g/mol. The van der Waals surface area contributed by atoms with E-state index in [1.54, 1.807) is 0 Å². The van der Waals surface area contributed by atoms with Gasteiger partial charge in [-0.25, -0.2) is 9.97 Å². The molecule has 0 aromatic carbocycles. The van der Waals surface area contributed by atoms with Crippen LogP contribution in [0.1, 0.15) is 38.1 Å².